The van der Waals surface area contributed by atoms with Gasteiger partial charge < -0.3 is 20.4 Å². The molecule has 118 valence electrons. The van der Waals surface area contributed by atoms with E-state index < -0.39 is 0 Å². The van der Waals surface area contributed by atoms with Crippen molar-refractivity contribution in [1.82, 2.24) is 20.4 Å². The molecule has 1 fully saturated rings. The van der Waals surface area contributed by atoms with Crippen LogP contribution in [0.25, 0.3) is 0 Å². The van der Waals surface area contributed by atoms with E-state index in [1.807, 2.05) is 52.7 Å². The maximum Gasteiger partial charge on any atom is 3.00 e. The maximum atomic E-state index is 3.77. The Morgan fingerprint density at radius 2 is 1.10 bits per heavy atom. The Morgan fingerprint density at radius 3 is 1.19 bits per heavy atom. The molecule has 1 saturated carbocycles. The van der Waals surface area contributed by atoms with E-state index in [1.165, 1.54) is 5.92 Å². The topological polar surface area (TPSA) is 54.0 Å². The summed E-state index contributed by atoms with van der Waals surface area (Å²) in [5.41, 5.74) is 3.99. The molecular weight excluding hydrogens is 421 g/mol. The van der Waals surface area contributed by atoms with Gasteiger partial charge in [0.05, 0.1) is 0 Å². The standard InChI is InChI=1S/C6H7.2C5H7N2.Yb/c1-6-4-2-3-5-6;2*1-4-3-5(2)7-6-4;/h2-5H,1H3;2*3H,1-2H3;/q;2*-1;+3. The van der Waals surface area contributed by atoms with Crippen molar-refractivity contribution in [1.29, 1.82) is 0 Å². The van der Waals surface area contributed by atoms with Gasteiger partial charge in [-0.1, -0.05) is 32.9 Å². The summed E-state index contributed by atoms with van der Waals surface area (Å²) in [6, 6.07) is 3.89. The van der Waals surface area contributed by atoms with E-state index in [0.717, 1.165) is 22.8 Å². The minimum absolute atomic E-state index is 0. The molecule has 1 aliphatic rings. The number of nitrogens with zero attached hydrogens (tertiary/aromatic N) is 4. The normalized spacial score (nSPS) is 13.6. The third-order valence-corrected chi connectivity index (χ3v) is 2.40. The first-order valence-corrected chi connectivity index (χ1v) is 6.53. The van der Waals surface area contributed by atoms with E-state index in [2.05, 4.69) is 40.2 Å². The second kappa shape index (κ2) is 11.5. The zero-order valence-electron chi connectivity index (χ0n) is 13.0. The average Bonchev–Trinajstić information content (AvgIpc) is 3.07. The Morgan fingerprint density at radius 1 is 0.714 bits per heavy atom. The third kappa shape index (κ3) is 10.3. The molecule has 0 aliphatic heterocycles. The van der Waals surface area contributed by atoms with Crippen molar-refractivity contribution in [2.45, 2.75) is 34.6 Å². The molecule has 0 aromatic carbocycles. The molecule has 0 bridgehead atoms. The molecule has 0 N–H and O–H groups in total. The van der Waals surface area contributed by atoms with Crippen molar-refractivity contribution in [2.75, 3.05) is 0 Å². The third-order valence-electron chi connectivity index (χ3n) is 2.40. The molecule has 4 nitrogen and oxygen atoms in total. The fraction of sp³-hybridized carbons (Fsp3) is 0.312. The van der Waals surface area contributed by atoms with E-state index in [-0.39, 0.29) is 46.9 Å². The zero-order chi connectivity index (χ0) is 15.0. The Kier molecular flexibility index (Phi) is 11.5. The predicted octanol–water partition coefficient (Wildman–Crippen LogP) is 2.72. The summed E-state index contributed by atoms with van der Waals surface area (Å²) in [5, 5.41) is 15.1. The summed E-state index contributed by atoms with van der Waals surface area (Å²) in [6.45, 7) is 9.81. The number of hydrogen-bond acceptors (Lipinski definition) is 2. The second-order valence-electron chi connectivity index (χ2n) is 4.72. The molecule has 1 aliphatic carbocycles. The SMILES string of the molecule is C[C]1[CH][CH][CH][CH]1.Cc1cc(C)[n-]n1.Cc1cc(C)[n-]n1.[Yb+3]. The van der Waals surface area contributed by atoms with Gasteiger partial charge in [-0.05, 0) is 45.4 Å². The molecular formula is C16H21N4Yb+. The molecule has 2 aromatic rings. The van der Waals surface area contributed by atoms with E-state index in [4.69, 9.17) is 0 Å². The van der Waals surface area contributed by atoms with Gasteiger partial charge in [0.15, 0.2) is 0 Å². The predicted molar refractivity (Wildman–Crippen MR) is 80.2 cm³/mol. The van der Waals surface area contributed by atoms with Crippen molar-refractivity contribution >= 4 is 0 Å². The quantitative estimate of drug-likeness (QED) is 0.630. The monoisotopic (exact) mass is 443 g/mol. The van der Waals surface area contributed by atoms with Crippen molar-refractivity contribution in [3.8, 4) is 0 Å². The molecule has 0 unspecified atom stereocenters. The molecule has 21 heavy (non-hydrogen) atoms. The molecule has 5 heteroatoms. The van der Waals surface area contributed by atoms with Crippen LogP contribution >= 0.6 is 0 Å². The van der Waals surface area contributed by atoms with Crippen molar-refractivity contribution in [2.24, 2.45) is 0 Å². The summed E-state index contributed by atoms with van der Waals surface area (Å²) < 4.78 is 0. The molecule has 3 rings (SSSR count). The smallest absolute Gasteiger partial charge is 0.579 e. The first-order chi connectivity index (χ1) is 9.47. The number of hydrogen-bond donors (Lipinski definition) is 0. The van der Waals surface area contributed by atoms with E-state index in [1.54, 1.807) is 0 Å². The van der Waals surface area contributed by atoms with Gasteiger partial charge in [-0.25, -0.2) is 0 Å². The fourth-order valence-electron chi connectivity index (χ4n) is 1.51. The Balaban J connectivity index is 0.000000280. The van der Waals surface area contributed by atoms with Crippen LogP contribution in [0.15, 0.2) is 12.1 Å². The van der Waals surface area contributed by atoms with Crippen LogP contribution in [0.4, 0.5) is 0 Å². The Labute approximate surface area is 167 Å². The average molecular weight is 442 g/mol. The largest absolute Gasteiger partial charge is 3.00 e. The molecule has 2 aromatic heterocycles. The number of rotatable bonds is 0. The van der Waals surface area contributed by atoms with E-state index >= 15 is 0 Å². The van der Waals surface area contributed by atoms with Crippen LogP contribution in [-0.2, 0) is 0 Å². The summed E-state index contributed by atoms with van der Waals surface area (Å²) in [4.78, 5) is 0. The second-order valence-corrected chi connectivity index (χ2v) is 4.72. The van der Waals surface area contributed by atoms with Crippen molar-refractivity contribution in [3.63, 3.8) is 0 Å². The van der Waals surface area contributed by atoms with E-state index in [9.17, 15) is 0 Å². The van der Waals surface area contributed by atoms with Crippen molar-refractivity contribution in [3.05, 3.63) is 66.5 Å². The Hall–Kier alpha value is -0.0605. The van der Waals surface area contributed by atoms with Gasteiger partial charge in [-0.15, -0.1) is 11.4 Å². The molecule has 2 heterocycles. The molecule has 6 radical (unpaired) electrons. The van der Waals surface area contributed by atoms with Crippen LogP contribution in [0.5, 0.6) is 0 Å². The molecule has 0 amide bonds. The van der Waals surface area contributed by atoms with Gasteiger partial charge in [0.2, 0.25) is 0 Å². The van der Waals surface area contributed by atoms with Crippen LogP contribution in [0.3, 0.4) is 0 Å². The van der Waals surface area contributed by atoms with Crippen LogP contribution < -0.4 is 10.2 Å². The molecule has 0 spiro atoms. The minimum Gasteiger partial charge on any atom is -0.579 e. The van der Waals surface area contributed by atoms with Crippen LogP contribution in [-0.4, -0.2) is 10.2 Å². The molecule has 0 atom stereocenters. The minimum atomic E-state index is 0. The summed E-state index contributed by atoms with van der Waals surface area (Å²) >= 11 is 0. The number of aryl methyl sites for hydroxylation is 4. The number of aromatic nitrogens is 4. The summed E-state index contributed by atoms with van der Waals surface area (Å²) in [6.07, 6.45) is 8.24. The van der Waals surface area contributed by atoms with Gasteiger partial charge in [-0.3, -0.25) is 0 Å². The van der Waals surface area contributed by atoms with Gasteiger partial charge in [0.1, 0.15) is 0 Å². The van der Waals surface area contributed by atoms with E-state index in [0.29, 0.717) is 0 Å². The van der Waals surface area contributed by atoms with Gasteiger partial charge in [0, 0.05) is 11.4 Å². The summed E-state index contributed by atoms with van der Waals surface area (Å²) in [5.74, 6) is 1.34. The Bertz CT molecular complexity index is 413. The summed E-state index contributed by atoms with van der Waals surface area (Å²) in [7, 11) is 0. The molecule has 0 saturated heterocycles. The zero-order valence-corrected chi connectivity index (χ0v) is 14.7. The first kappa shape index (κ1) is 20.9. The van der Waals surface area contributed by atoms with Crippen molar-refractivity contribution < 1.29 is 46.9 Å². The van der Waals surface area contributed by atoms with Crippen LogP contribution in [0.1, 0.15) is 29.7 Å². The first-order valence-electron chi connectivity index (χ1n) is 6.53. The maximum absolute atomic E-state index is 3.77. The van der Waals surface area contributed by atoms with Crippen LogP contribution in [0, 0.1) is 106 Å². The van der Waals surface area contributed by atoms with Gasteiger partial charge >= 0.3 is 46.9 Å². The van der Waals surface area contributed by atoms with Gasteiger partial charge in [0.25, 0.3) is 0 Å². The van der Waals surface area contributed by atoms with Crippen LogP contribution in [0.2, 0.25) is 0 Å². The fourth-order valence-corrected chi connectivity index (χ4v) is 1.51. The van der Waals surface area contributed by atoms with Gasteiger partial charge in [-0.2, -0.15) is 0 Å².